The van der Waals surface area contributed by atoms with Gasteiger partial charge in [0.15, 0.2) is 0 Å². The van der Waals surface area contributed by atoms with Crippen molar-refractivity contribution in [2.45, 2.75) is 39.2 Å². The van der Waals surface area contributed by atoms with Gasteiger partial charge in [0.2, 0.25) is 5.91 Å². The lowest BCUT2D eigenvalue weighted by molar-refractivity contribution is -0.133. The largest absolute Gasteiger partial charge is 0.341 e. The molecule has 21 heavy (non-hydrogen) atoms. The zero-order valence-corrected chi connectivity index (χ0v) is 14.9. The molecule has 0 rings (SSSR count). The van der Waals surface area contributed by atoms with E-state index in [0.717, 1.165) is 45.4 Å². The summed E-state index contributed by atoms with van der Waals surface area (Å²) in [4.78, 5) is 18.8. The molecule has 0 aliphatic carbocycles. The maximum absolute atomic E-state index is 12.5. The number of nitrogens with zero attached hydrogens (tertiary/aromatic N) is 3. The van der Waals surface area contributed by atoms with Crippen LogP contribution in [0.25, 0.3) is 0 Å². The van der Waals surface area contributed by atoms with Crippen molar-refractivity contribution in [3.8, 4) is 0 Å². The van der Waals surface area contributed by atoms with Gasteiger partial charge in [0.05, 0.1) is 6.04 Å². The smallest absolute Gasteiger partial charge is 0.239 e. The monoisotopic (exact) mass is 300 g/mol. The minimum Gasteiger partial charge on any atom is -0.341 e. The van der Waals surface area contributed by atoms with E-state index in [1.165, 1.54) is 0 Å². The van der Waals surface area contributed by atoms with Crippen LogP contribution in [0.2, 0.25) is 0 Å². The van der Waals surface area contributed by atoms with Gasteiger partial charge in [-0.2, -0.15) is 0 Å². The Morgan fingerprint density at radius 1 is 0.905 bits per heavy atom. The first-order valence-corrected chi connectivity index (χ1v) is 8.07. The Hall–Kier alpha value is -0.650. The average molecular weight is 300 g/mol. The molecule has 5 heteroatoms. The summed E-state index contributed by atoms with van der Waals surface area (Å²) in [6.45, 7) is 7.81. The van der Waals surface area contributed by atoms with E-state index in [1.807, 2.05) is 4.90 Å². The Morgan fingerprint density at radius 3 is 1.67 bits per heavy atom. The minimum atomic E-state index is -0.358. The number of hydrogen-bond acceptors (Lipinski definition) is 4. The van der Waals surface area contributed by atoms with E-state index in [9.17, 15) is 4.79 Å². The van der Waals surface area contributed by atoms with Crippen LogP contribution in [0.5, 0.6) is 0 Å². The Balaban J connectivity index is 4.42. The summed E-state index contributed by atoms with van der Waals surface area (Å²) >= 11 is 0. The van der Waals surface area contributed by atoms with E-state index in [1.54, 1.807) is 0 Å². The van der Waals surface area contributed by atoms with Crippen LogP contribution in [-0.4, -0.2) is 81.0 Å². The number of rotatable bonds is 11. The van der Waals surface area contributed by atoms with Gasteiger partial charge in [-0.05, 0) is 66.5 Å². The van der Waals surface area contributed by atoms with Gasteiger partial charge in [-0.25, -0.2) is 0 Å². The van der Waals surface area contributed by atoms with Crippen molar-refractivity contribution in [3.63, 3.8) is 0 Å². The molecule has 126 valence electrons. The normalized spacial score (nSPS) is 13.2. The molecule has 0 aliphatic rings. The van der Waals surface area contributed by atoms with Gasteiger partial charge in [0.1, 0.15) is 0 Å². The molecular weight excluding hydrogens is 264 g/mol. The summed E-state index contributed by atoms with van der Waals surface area (Å²) in [7, 11) is 8.23. The first kappa shape index (κ1) is 20.3. The SMILES string of the molecule is CC(C)C[C@@H](N)C(=O)N(CCCN(C)C)CCCN(C)C. The Kier molecular flexibility index (Phi) is 10.6. The molecule has 0 aromatic rings. The topological polar surface area (TPSA) is 52.8 Å². The third-order valence-electron chi connectivity index (χ3n) is 3.42. The summed E-state index contributed by atoms with van der Waals surface area (Å²) in [5.41, 5.74) is 6.07. The van der Waals surface area contributed by atoms with E-state index >= 15 is 0 Å². The molecule has 0 saturated carbocycles. The van der Waals surface area contributed by atoms with Crippen molar-refractivity contribution < 1.29 is 4.79 Å². The van der Waals surface area contributed by atoms with Crippen LogP contribution in [-0.2, 0) is 4.79 Å². The first-order valence-electron chi connectivity index (χ1n) is 8.07. The highest BCUT2D eigenvalue weighted by Gasteiger charge is 2.21. The highest BCUT2D eigenvalue weighted by atomic mass is 16.2. The van der Waals surface area contributed by atoms with Gasteiger partial charge in [0.25, 0.3) is 0 Å². The summed E-state index contributed by atoms with van der Waals surface area (Å²) in [6.07, 6.45) is 2.75. The Morgan fingerprint density at radius 2 is 1.33 bits per heavy atom. The molecule has 0 spiro atoms. The Labute approximate surface area is 131 Å². The number of carbonyl (C=O) groups is 1. The standard InChI is InChI=1S/C16H36N4O/c1-14(2)13-15(17)16(21)20(11-7-9-18(3)4)12-8-10-19(5)6/h14-15H,7-13,17H2,1-6H3/t15-/m1/s1. The number of amides is 1. The van der Waals surface area contributed by atoms with Crippen LogP contribution in [0.4, 0.5) is 0 Å². The summed E-state index contributed by atoms with van der Waals surface area (Å²) in [5, 5.41) is 0. The van der Waals surface area contributed by atoms with Gasteiger partial charge in [-0.15, -0.1) is 0 Å². The zero-order chi connectivity index (χ0) is 16.4. The maximum atomic E-state index is 12.5. The predicted octanol–water partition coefficient (Wildman–Crippen LogP) is 1.09. The fraction of sp³-hybridized carbons (Fsp3) is 0.938. The van der Waals surface area contributed by atoms with E-state index in [0.29, 0.717) is 5.92 Å². The second-order valence-electron chi connectivity index (χ2n) is 6.87. The van der Waals surface area contributed by atoms with Gasteiger partial charge in [-0.3, -0.25) is 4.79 Å². The molecule has 2 N–H and O–H groups in total. The molecule has 1 amide bonds. The van der Waals surface area contributed by atoms with Gasteiger partial charge in [0, 0.05) is 13.1 Å². The van der Waals surface area contributed by atoms with Crippen molar-refractivity contribution in [1.29, 1.82) is 0 Å². The highest BCUT2D eigenvalue weighted by molar-refractivity contribution is 5.81. The van der Waals surface area contributed by atoms with Crippen LogP contribution in [0.3, 0.4) is 0 Å². The molecule has 1 atom stereocenters. The second-order valence-corrected chi connectivity index (χ2v) is 6.87. The van der Waals surface area contributed by atoms with Gasteiger partial charge < -0.3 is 20.4 Å². The predicted molar refractivity (Wildman–Crippen MR) is 90.4 cm³/mol. The lowest BCUT2D eigenvalue weighted by Crippen LogP contribution is -2.46. The van der Waals surface area contributed by atoms with Crippen LogP contribution in [0.1, 0.15) is 33.1 Å². The molecule has 0 radical (unpaired) electrons. The van der Waals surface area contributed by atoms with E-state index in [2.05, 4.69) is 51.8 Å². The molecule has 0 aromatic carbocycles. The van der Waals surface area contributed by atoms with Crippen molar-refractivity contribution >= 4 is 5.91 Å². The molecular formula is C16H36N4O. The minimum absolute atomic E-state index is 0.112. The zero-order valence-electron chi connectivity index (χ0n) is 14.9. The number of carbonyl (C=O) groups excluding carboxylic acids is 1. The maximum Gasteiger partial charge on any atom is 0.239 e. The van der Waals surface area contributed by atoms with Crippen molar-refractivity contribution in [3.05, 3.63) is 0 Å². The molecule has 0 bridgehead atoms. The average Bonchev–Trinajstić information content (AvgIpc) is 2.34. The summed E-state index contributed by atoms with van der Waals surface area (Å²) in [5.74, 6) is 0.565. The van der Waals surface area contributed by atoms with E-state index in [-0.39, 0.29) is 11.9 Å². The van der Waals surface area contributed by atoms with E-state index in [4.69, 9.17) is 5.73 Å². The number of nitrogens with two attached hydrogens (primary N) is 1. The fourth-order valence-corrected chi connectivity index (χ4v) is 2.33. The third kappa shape index (κ3) is 10.7. The van der Waals surface area contributed by atoms with Crippen molar-refractivity contribution in [1.82, 2.24) is 14.7 Å². The van der Waals surface area contributed by atoms with E-state index < -0.39 is 0 Å². The lowest BCUT2D eigenvalue weighted by Gasteiger charge is -2.27. The number of hydrogen-bond donors (Lipinski definition) is 1. The molecule has 5 nitrogen and oxygen atoms in total. The summed E-state index contributed by atoms with van der Waals surface area (Å²) < 4.78 is 0. The molecule has 0 fully saturated rings. The quantitative estimate of drug-likeness (QED) is 0.621. The lowest BCUT2D eigenvalue weighted by atomic mass is 10.0. The van der Waals surface area contributed by atoms with Crippen LogP contribution in [0.15, 0.2) is 0 Å². The van der Waals surface area contributed by atoms with Gasteiger partial charge >= 0.3 is 0 Å². The second kappa shape index (κ2) is 11.0. The van der Waals surface area contributed by atoms with Crippen LogP contribution >= 0.6 is 0 Å². The molecule has 0 heterocycles. The Bertz CT molecular complexity index is 265. The van der Waals surface area contributed by atoms with Crippen molar-refractivity contribution in [2.75, 3.05) is 54.4 Å². The van der Waals surface area contributed by atoms with Crippen LogP contribution < -0.4 is 5.73 Å². The van der Waals surface area contributed by atoms with Crippen molar-refractivity contribution in [2.24, 2.45) is 11.7 Å². The van der Waals surface area contributed by atoms with Gasteiger partial charge in [-0.1, -0.05) is 13.8 Å². The first-order chi connectivity index (χ1) is 9.73. The molecule has 0 aliphatic heterocycles. The highest BCUT2D eigenvalue weighted by Crippen LogP contribution is 2.07. The molecule has 0 unspecified atom stereocenters. The molecule has 0 saturated heterocycles. The summed E-state index contributed by atoms with van der Waals surface area (Å²) in [6, 6.07) is -0.358. The third-order valence-corrected chi connectivity index (χ3v) is 3.42. The fourth-order valence-electron chi connectivity index (χ4n) is 2.33. The van der Waals surface area contributed by atoms with Crippen LogP contribution in [0, 0.1) is 5.92 Å². The molecule has 0 aromatic heterocycles.